The first-order valence-corrected chi connectivity index (χ1v) is 4.39. The van der Waals surface area contributed by atoms with Crippen molar-refractivity contribution in [3.05, 3.63) is 42.0 Å². The van der Waals surface area contributed by atoms with E-state index < -0.39 is 0 Å². The van der Waals surface area contributed by atoms with Crippen LogP contribution in [-0.2, 0) is 6.42 Å². The average Bonchev–Trinajstić information content (AvgIpc) is 2.20. The molecule has 0 aliphatic rings. The van der Waals surface area contributed by atoms with E-state index in [0.717, 1.165) is 16.3 Å². The zero-order valence-corrected chi connectivity index (χ0v) is 7.57. The third-order valence-electron chi connectivity index (χ3n) is 2.26. The lowest BCUT2D eigenvalue weighted by molar-refractivity contribution is 0.481. The minimum absolute atomic E-state index is 0.266. The Morgan fingerprint density at radius 3 is 2.57 bits per heavy atom. The number of aromatic hydroxyl groups is 1. The number of phenols is 1. The topological polar surface area (TPSA) is 44.0 Å². The summed E-state index contributed by atoms with van der Waals surface area (Å²) in [5.74, 6) is 0.266. The Morgan fingerprint density at radius 1 is 1.07 bits per heavy atom. The second kappa shape index (κ2) is 3.39. The number of fused-ring (bicyclic) bond motifs is 1. The minimum atomic E-state index is 0.266. The summed E-state index contributed by atoms with van der Waals surface area (Å²) in [5.41, 5.74) is 0.959. The Labute approximate surface area is 82.0 Å². The highest BCUT2D eigenvalue weighted by Crippen LogP contribution is 2.26. The van der Waals surface area contributed by atoms with Crippen LogP contribution < -0.4 is 0 Å². The van der Waals surface area contributed by atoms with Gasteiger partial charge in [0.05, 0.1) is 12.5 Å². The SMILES string of the molecule is N#CCc1cccc2c(O)cccc12. The maximum Gasteiger partial charge on any atom is 0.123 e. The van der Waals surface area contributed by atoms with E-state index in [-0.39, 0.29) is 5.75 Å². The predicted molar refractivity (Wildman–Crippen MR) is 54.9 cm³/mol. The van der Waals surface area contributed by atoms with Crippen molar-refractivity contribution in [2.24, 2.45) is 0 Å². The number of hydrogen-bond donors (Lipinski definition) is 1. The van der Waals surface area contributed by atoms with Gasteiger partial charge in [0, 0.05) is 5.39 Å². The van der Waals surface area contributed by atoms with E-state index >= 15 is 0 Å². The number of rotatable bonds is 1. The van der Waals surface area contributed by atoms with Crippen LogP contribution in [0.5, 0.6) is 5.75 Å². The summed E-state index contributed by atoms with van der Waals surface area (Å²) in [5, 5.41) is 20.0. The van der Waals surface area contributed by atoms with E-state index in [9.17, 15) is 5.11 Å². The van der Waals surface area contributed by atoms with Crippen molar-refractivity contribution in [2.75, 3.05) is 0 Å². The highest BCUT2D eigenvalue weighted by Gasteiger charge is 2.02. The van der Waals surface area contributed by atoms with Gasteiger partial charge in [0.15, 0.2) is 0 Å². The smallest absolute Gasteiger partial charge is 0.123 e. The maximum absolute atomic E-state index is 9.58. The van der Waals surface area contributed by atoms with Crippen molar-refractivity contribution >= 4 is 10.8 Å². The largest absolute Gasteiger partial charge is 0.507 e. The summed E-state index contributed by atoms with van der Waals surface area (Å²) in [6.45, 7) is 0. The van der Waals surface area contributed by atoms with Crippen LogP contribution in [0.2, 0.25) is 0 Å². The molecule has 2 aromatic carbocycles. The molecule has 0 heterocycles. The Hall–Kier alpha value is -2.01. The summed E-state index contributed by atoms with van der Waals surface area (Å²) in [6, 6.07) is 13.1. The van der Waals surface area contributed by atoms with Crippen LogP contribution in [-0.4, -0.2) is 5.11 Å². The van der Waals surface area contributed by atoms with Gasteiger partial charge in [0.1, 0.15) is 5.75 Å². The van der Waals surface area contributed by atoms with Gasteiger partial charge >= 0.3 is 0 Å². The van der Waals surface area contributed by atoms with Crippen LogP contribution >= 0.6 is 0 Å². The number of nitriles is 1. The molecule has 0 aliphatic carbocycles. The van der Waals surface area contributed by atoms with Gasteiger partial charge in [-0.1, -0.05) is 30.3 Å². The molecule has 0 radical (unpaired) electrons. The molecule has 0 saturated carbocycles. The second-order valence-electron chi connectivity index (χ2n) is 3.12. The van der Waals surface area contributed by atoms with Gasteiger partial charge in [0.25, 0.3) is 0 Å². The molecule has 1 N–H and O–H groups in total. The summed E-state index contributed by atoms with van der Waals surface area (Å²) < 4.78 is 0. The number of benzene rings is 2. The molecule has 0 amide bonds. The van der Waals surface area contributed by atoms with Crippen LogP contribution in [0.3, 0.4) is 0 Å². The standard InChI is InChI=1S/C12H9NO/c13-8-7-9-3-1-5-11-10(9)4-2-6-12(11)14/h1-6,14H,7H2. The van der Waals surface area contributed by atoms with Crippen molar-refractivity contribution in [2.45, 2.75) is 6.42 Å². The first kappa shape index (κ1) is 8.58. The van der Waals surface area contributed by atoms with Gasteiger partial charge in [-0.15, -0.1) is 0 Å². The van der Waals surface area contributed by atoms with Crippen molar-refractivity contribution < 1.29 is 5.11 Å². The highest BCUT2D eigenvalue weighted by atomic mass is 16.3. The molecule has 0 bridgehead atoms. The zero-order valence-electron chi connectivity index (χ0n) is 7.57. The van der Waals surface area contributed by atoms with E-state index in [1.165, 1.54) is 0 Å². The first-order valence-electron chi connectivity index (χ1n) is 4.39. The third-order valence-corrected chi connectivity index (χ3v) is 2.26. The van der Waals surface area contributed by atoms with E-state index in [4.69, 9.17) is 5.26 Å². The lowest BCUT2D eigenvalue weighted by Crippen LogP contribution is -1.84. The third kappa shape index (κ3) is 1.29. The van der Waals surface area contributed by atoms with Crippen molar-refractivity contribution in [1.82, 2.24) is 0 Å². The molecule has 0 saturated heterocycles. The van der Waals surface area contributed by atoms with Crippen LogP contribution in [0.15, 0.2) is 36.4 Å². The fourth-order valence-corrected chi connectivity index (χ4v) is 1.60. The van der Waals surface area contributed by atoms with Gasteiger partial charge in [0.2, 0.25) is 0 Å². The van der Waals surface area contributed by atoms with Crippen molar-refractivity contribution in [3.8, 4) is 11.8 Å². The molecule has 2 heteroatoms. The van der Waals surface area contributed by atoms with E-state index in [1.54, 1.807) is 12.1 Å². The zero-order chi connectivity index (χ0) is 9.97. The summed E-state index contributed by atoms with van der Waals surface area (Å²) >= 11 is 0. The highest BCUT2D eigenvalue weighted by molar-refractivity contribution is 5.90. The number of phenolic OH excluding ortho intramolecular Hbond substituents is 1. The van der Waals surface area contributed by atoms with Gasteiger partial charge in [-0.25, -0.2) is 0 Å². The second-order valence-corrected chi connectivity index (χ2v) is 3.12. The lowest BCUT2D eigenvalue weighted by atomic mass is 10.0. The normalized spacial score (nSPS) is 9.93. The van der Waals surface area contributed by atoms with Gasteiger partial charge in [-0.2, -0.15) is 5.26 Å². The molecule has 68 valence electrons. The molecule has 0 aromatic heterocycles. The van der Waals surface area contributed by atoms with E-state index in [1.807, 2.05) is 24.3 Å². The number of nitrogens with zero attached hydrogens (tertiary/aromatic N) is 1. The fraction of sp³-hybridized carbons (Fsp3) is 0.0833. The maximum atomic E-state index is 9.58. The molecule has 0 unspecified atom stereocenters. The molecular formula is C12H9NO. The molecular weight excluding hydrogens is 174 g/mol. The molecule has 2 aromatic rings. The molecule has 2 rings (SSSR count). The Bertz CT molecular complexity index is 511. The molecule has 0 atom stereocenters. The van der Waals surface area contributed by atoms with Gasteiger partial charge in [-0.05, 0) is 17.0 Å². The minimum Gasteiger partial charge on any atom is -0.507 e. The van der Waals surface area contributed by atoms with E-state index in [2.05, 4.69) is 6.07 Å². The molecule has 0 fully saturated rings. The van der Waals surface area contributed by atoms with Crippen LogP contribution in [0.4, 0.5) is 0 Å². The summed E-state index contributed by atoms with van der Waals surface area (Å²) in [4.78, 5) is 0. The van der Waals surface area contributed by atoms with Crippen molar-refractivity contribution in [3.63, 3.8) is 0 Å². The lowest BCUT2D eigenvalue weighted by Gasteiger charge is -2.03. The summed E-state index contributed by atoms with van der Waals surface area (Å²) in [6.07, 6.45) is 0.376. The van der Waals surface area contributed by atoms with Gasteiger partial charge < -0.3 is 5.11 Å². The Morgan fingerprint density at radius 2 is 1.79 bits per heavy atom. The van der Waals surface area contributed by atoms with E-state index in [0.29, 0.717) is 6.42 Å². The molecule has 14 heavy (non-hydrogen) atoms. The summed E-state index contributed by atoms with van der Waals surface area (Å²) in [7, 11) is 0. The molecule has 2 nitrogen and oxygen atoms in total. The quantitative estimate of drug-likeness (QED) is 0.738. The fourth-order valence-electron chi connectivity index (χ4n) is 1.60. The van der Waals surface area contributed by atoms with Crippen LogP contribution in [0.25, 0.3) is 10.8 Å². The molecule has 0 aliphatic heterocycles. The van der Waals surface area contributed by atoms with Crippen molar-refractivity contribution in [1.29, 1.82) is 5.26 Å². The molecule has 0 spiro atoms. The van der Waals surface area contributed by atoms with Gasteiger partial charge in [-0.3, -0.25) is 0 Å². The van der Waals surface area contributed by atoms with Crippen LogP contribution in [0.1, 0.15) is 5.56 Å². The monoisotopic (exact) mass is 183 g/mol. The Kier molecular flexibility index (Phi) is 2.08. The van der Waals surface area contributed by atoms with Crippen LogP contribution in [0, 0.1) is 11.3 Å². The predicted octanol–water partition coefficient (Wildman–Crippen LogP) is 2.61. The average molecular weight is 183 g/mol. The number of hydrogen-bond acceptors (Lipinski definition) is 2. The first-order chi connectivity index (χ1) is 6.83. The Balaban J connectivity index is 2.76.